The molecule has 0 aliphatic rings. The van der Waals surface area contributed by atoms with Crippen molar-refractivity contribution in [2.24, 2.45) is 0 Å². The van der Waals surface area contributed by atoms with Gasteiger partial charge >= 0.3 is 36.7 Å². The number of aromatic amines is 2. The van der Waals surface area contributed by atoms with Crippen molar-refractivity contribution in [3.63, 3.8) is 0 Å². The van der Waals surface area contributed by atoms with Gasteiger partial charge in [0.2, 0.25) is 0 Å². The summed E-state index contributed by atoms with van der Waals surface area (Å²) in [5, 5.41) is 54.4. The Labute approximate surface area is 678 Å². The number of rotatable bonds is 7. The molecule has 14 aromatic rings. The van der Waals surface area contributed by atoms with Gasteiger partial charge < -0.3 is 38.6 Å². The first-order valence-electron chi connectivity index (χ1n) is 31.4. The quantitative estimate of drug-likeness (QED) is 0.0195. The van der Waals surface area contributed by atoms with Crippen LogP contribution in [0.4, 0.5) is 56.9 Å². The molecule has 12 N–H and O–H groups in total. The standard InChI is InChI=1S/3C13H9N3O2.C13H11N3.2C7H5N.2C6H5IN2O2.2ClH.Sn/c17-16(18)10-4-5-11-9(7-10)8-13(15-11)12-3-1-2-6-14-12;2*14-13-7-6-12(16(17)18)9-10(13)4-5-11-3-1-2-8-15-11;14-10-4-5-11-9(7-10)8-13(16-11)12-3-1-2-6-15-12;2*1-2-7-5-3-4-6-8-7;2*7-5-3-4(9(10)11)1-2-6(5)8;;;/h1-8,15H;2*1-3,6-9H,14H2;1-8,16H,14H2;2*1,3-6H;2*1-3H,8H2;2*1H;/q;;;;;;;;;;+2/p-2. The molecule has 8 heterocycles. The Bertz CT molecular complexity index is 5470. The normalized spacial score (nSPS) is 9.50. The number of nitrogens with zero attached hydrogens (tertiary/aromatic N) is 11. The first-order chi connectivity index (χ1) is 53.4. The van der Waals surface area contributed by atoms with Gasteiger partial charge in [0.25, 0.3) is 28.4 Å². The van der Waals surface area contributed by atoms with Crippen LogP contribution >= 0.6 is 63.0 Å². The van der Waals surface area contributed by atoms with Crippen LogP contribution in [0.2, 0.25) is 0 Å². The molecular weight excluding hydrogens is 1790 g/mol. The Morgan fingerprint density at radius 1 is 0.351 bits per heavy atom. The molecule has 8 aromatic heterocycles. The number of halogens is 4. The Morgan fingerprint density at radius 3 is 0.955 bits per heavy atom. The number of hydrogen-bond acceptors (Lipinski definition) is 21. The number of non-ortho nitro benzene ring substituents is 5. The second-order valence-corrected chi connectivity index (χ2v) is 27.9. The summed E-state index contributed by atoms with van der Waals surface area (Å²) in [6.45, 7) is 0. The first-order valence-corrected chi connectivity index (χ1v) is 40.8. The molecule has 6 aromatic carbocycles. The summed E-state index contributed by atoms with van der Waals surface area (Å²) in [7, 11) is 9.87. The van der Waals surface area contributed by atoms with Gasteiger partial charge in [0, 0.05) is 155 Å². The number of nitro benzene ring substituents is 5. The van der Waals surface area contributed by atoms with Crippen LogP contribution in [0.5, 0.6) is 0 Å². The van der Waals surface area contributed by atoms with Crippen molar-refractivity contribution < 1.29 is 24.6 Å². The van der Waals surface area contributed by atoms with E-state index in [1.807, 2.05) is 142 Å². The topological polar surface area (TPSA) is 455 Å². The summed E-state index contributed by atoms with van der Waals surface area (Å²) < 4.78 is 1.41. The number of nitrogen functional groups attached to an aromatic ring is 5. The van der Waals surface area contributed by atoms with Gasteiger partial charge in [-0.2, -0.15) is 0 Å². The number of benzene rings is 6. The van der Waals surface area contributed by atoms with Crippen LogP contribution in [0.1, 0.15) is 33.9 Å². The van der Waals surface area contributed by atoms with E-state index in [0.29, 0.717) is 63.8 Å². The van der Waals surface area contributed by atoms with Crippen LogP contribution in [-0.4, -0.2) is 83.4 Å². The Kier molecular flexibility index (Phi) is 35.6. The molecule has 28 nitrogen and oxygen atoms in total. The van der Waals surface area contributed by atoms with Crippen molar-refractivity contribution in [1.82, 2.24) is 39.9 Å². The molecule has 0 saturated carbocycles. The van der Waals surface area contributed by atoms with E-state index >= 15 is 0 Å². The molecule has 111 heavy (non-hydrogen) atoms. The number of anilines is 5. The van der Waals surface area contributed by atoms with E-state index in [9.17, 15) is 50.6 Å². The Balaban J connectivity index is 0.000000200. The summed E-state index contributed by atoms with van der Waals surface area (Å²) >= 11 is 3.08. The third-order valence-electron chi connectivity index (χ3n) is 13.8. The number of hydrogen-bond donors (Lipinski definition) is 7. The maximum atomic E-state index is 10.7. The Morgan fingerprint density at radius 2 is 0.649 bits per heavy atom. The molecule has 0 bridgehead atoms. The number of nitrogens with one attached hydrogen (secondary N) is 2. The van der Waals surface area contributed by atoms with Crippen molar-refractivity contribution in [2.45, 2.75) is 0 Å². The Hall–Kier alpha value is -13.6. The zero-order chi connectivity index (χ0) is 80.6. The number of nitro groups is 5. The summed E-state index contributed by atoms with van der Waals surface area (Å²) in [5.41, 5.74) is 39.9. The fourth-order valence-corrected chi connectivity index (χ4v) is 9.53. The summed E-state index contributed by atoms with van der Waals surface area (Å²) in [5.74, 6) is 16.0. The van der Waals surface area contributed by atoms with Gasteiger partial charge in [0.1, 0.15) is 22.8 Å². The van der Waals surface area contributed by atoms with E-state index in [-0.39, 0.29) is 28.4 Å². The molecule has 33 heteroatoms. The van der Waals surface area contributed by atoms with Gasteiger partial charge in [0.05, 0.1) is 58.5 Å². The van der Waals surface area contributed by atoms with Crippen molar-refractivity contribution in [2.75, 3.05) is 28.7 Å². The van der Waals surface area contributed by atoms with Gasteiger partial charge in [-0.3, -0.25) is 60.5 Å². The SMILES string of the molecule is C#Cc1ccccn1.C#Cc1ccccn1.Nc1ccc([N+](=O)[O-])cc1C#Cc1ccccn1.Nc1ccc([N+](=O)[O-])cc1C#Cc1ccccn1.Nc1ccc([N+](=O)[O-])cc1I.Nc1ccc([N+](=O)[O-])cc1I.Nc1ccc2[nH]c(-c3ccccn3)cc2c1.O=[N+]([O-])c1ccc2[nH]c(-c3ccccn3)cc2c1.[Cl][Sn][Cl]. The number of H-pyrrole nitrogens is 2. The van der Waals surface area contributed by atoms with E-state index < -0.39 is 43.5 Å². The molecule has 0 aliphatic heterocycles. The second kappa shape index (κ2) is 45.8. The molecule has 14 rings (SSSR count). The third-order valence-corrected chi connectivity index (χ3v) is 15.7. The number of fused-ring (bicyclic) bond motifs is 2. The molecule has 2 radical (unpaired) electrons. The fraction of sp³-hybridized carbons (Fsp3) is 0. The van der Waals surface area contributed by atoms with Gasteiger partial charge in [0.15, 0.2) is 0 Å². The van der Waals surface area contributed by atoms with Crippen molar-refractivity contribution in [3.05, 3.63) is 359 Å². The molecule has 552 valence electrons. The van der Waals surface area contributed by atoms with E-state index in [0.717, 1.165) is 50.3 Å². The van der Waals surface area contributed by atoms with Crippen LogP contribution in [0.25, 0.3) is 44.6 Å². The van der Waals surface area contributed by atoms with Crippen LogP contribution < -0.4 is 28.7 Å². The average Bonchev–Trinajstić information content (AvgIpc) is 1.68. The predicted octanol–water partition coefficient (Wildman–Crippen LogP) is 16.6. The minimum atomic E-state index is -0.826. The summed E-state index contributed by atoms with van der Waals surface area (Å²) in [6.07, 6.45) is 20.2. The van der Waals surface area contributed by atoms with Crippen molar-refractivity contribution in [1.29, 1.82) is 0 Å². The molecule has 0 atom stereocenters. The number of nitrogens with two attached hydrogens (primary N) is 5. The number of terminal acetylenes is 2. The van der Waals surface area contributed by atoms with Gasteiger partial charge in [-0.05, 0) is 190 Å². The van der Waals surface area contributed by atoms with Crippen LogP contribution in [0, 0.1) is 106 Å². The minimum absolute atomic E-state index is 0.0329. The number of pyridine rings is 6. The van der Waals surface area contributed by atoms with E-state index in [1.54, 1.807) is 85.7 Å². The summed E-state index contributed by atoms with van der Waals surface area (Å²) in [6, 6.07) is 64.7. The van der Waals surface area contributed by atoms with Crippen molar-refractivity contribution >= 4 is 161 Å². The van der Waals surface area contributed by atoms with Crippen molar-refractivity contribution in [3.8, 4) is 71.1 Å². The molecular formula is C78H58Cl2I2N18O10Sn. The fourth-order valence-electron chi connectivity index (χ4n) is 8.53. The maximum absolute atomic E-state index is 10.7. The van der Waals surface area contributed by atoms with Gasteiger partial charge in [-0.1, -0.05) is 60.1 Å². The zero-order valence-electron chi connectivity index (χ0n) is 57.5. The zero-order valence-corrected chi connectivity index (χ0v) is 66.1. The average molecular weight is 1850 g/mol. The molecule has 0 amide bonds. The third kappa shape index (κ3) is 29.6. The molecule has 0 fully saturated rings. The molecule has 0 spiro atoms. The van der Waals surface area contributed by atoms with Crippen LogP contribution in [0.3, 0.4) is 0 Å². The monoisotopic (exact) mass is 1850 g/mol. The van der Waals surface area contributed by atoms with Gasteiger partial charge in [-0.15, -0.1) is 12.8 Å². The molecule has 0 saturated heterocycles. The number of aromatic nitrogens is 8. The molecule has 0 unspecified atom stereocenters. The van der Waals surface area contributed by atoms with Crippen LogP contribution in [0.15, 0.2) is 268 Å². The van der Waals surface area contributed by atoms with Crippen LogP contribution in [-0.2, 0) is 0 Å². The molecule has 0 aliphatic carbocycles. The van der Waals surface area contributed by atoms with Gasteiger partial charge in [-0.25, -0.2) is 19.9 Å². The first kappa shape index (κ1) is 86.3. The van der Waals surface area contributed by atoms with E-state index in [4.69, 9.17) is 59.4 Å². The summed E-state index contributed by atoms with van der Waals surface area (Å²) in [4.78, 5) is 81.0. The second-order valence-electron chi connectivity index (χ2n) is 21.4. The van der Waals surface area contributed by atoms with E-state index in [2.05, 4.69) is 81.5 Å². The van der Waals surface area contributed by atoms with E-state index in [1.165, 1.54) is 78.9 Å². The predicted molar refractivity (Wildman–Crippen MR) is 452 cm³/mol.